The molecule has 0 aliphatic carbocycles. The van der Waals surface area contributed by atoms with Crippen molar-refractivity contribution in [2.75, 3.05) is 0 Å². The van der Waals surface area contributed by atoms with Crippen LogP contribution in [0.5, 0.6) is 5.75 Å². The number of rotatable bonds is 3. The van der Waals surface area contributed by atoms with Crippen molar-refractivity contribution in [1.29, 1.82) is 0 Å². The molecule has 0 aromatic heterocycles. The molecule has 0 aliphatic heterocycles. The van der Waals surface area contributed by atoms with E-state index in [1.807, 2.05) is 0 Å². The Morgan fingerprint density at radius 1 is 0.870 bits per heavy atom. The third-order valence-corrected chi connectivity index (χ3v) is 2.87. The number of nitrogens with two attached hydrogens (primary N) is 1. The van der Waals surface area contributed by atoms with Crippen molar-refractivity contribution in [3.8, 4) is 5.75 Å². The lowest BCUT2D eigenvalue weighted by Gasteiger charge is -2.15. The first kappa shape index (κ1) is 19.1. The third kappa shape index (κ3) is 4.52. The first-order valence-corrected chi connectivity index (χ1v) is 5.93. The fourth-order valence-corrected chi connectivity index (χ4v) is 1.84. The van der Waals surface area contributed by atoms with Crippen molar-refractivity contribution >= 4 is 12.4 Å². The minimum absolute atomic E-state index is 0. The van der Waals surface area contributed by atoms with E-state index in [-0.39, 0.29) is 23.5 Å². The van der Waals surface area contributed by atoms with Gasteiger partial charge in [0.05, 0.1) is 6.04 Å². The van der Waals surface area contributed by atoms with Gasteiger partial charge in [0.25, 0.3) is 0 Å². The van der Waals surface area contributed by atoms with Crippen molar-refractivity contribution in [1.82, 2.24) is 0 Å². The van der Waals surface area contributed by atoms with E-state index in [0.29, 0.717) is 0 Å². The first-order chi connectivity index (χ1) is 10.2. The second-order valence-corrected chi connectivity index (χ2v) is 4.36. The second kappa shape index (κ2) is 7.10. The van der Waals surface area contributed by atoms with Crippen LogP contribution in [0.15, 0.2) is 36.4 Å². The van der Waals surface area contributed by atoms with Crippen molar-refractivity contribution in [2.45, 2.75) is 12.4 Å². The van der Waals surface area contributed by atoms with Crippen LogP contribution < -0.4 is 10.5 Å². The summed E-state index contributed by atoms with van der Waals surface area (Å²) in [6.45, 7) is 0. The predicted octanol–water partition coefficient (Wildman–Crippen LogP) is 4.47. The van der Waals surface area contributed by atoms with Crippen molar-refractivity contribution in [2.24, 2.45) is 5.73 Å². The zero-order valence-electron chi connectivity index (χ0n) is 11.2. The highest BCUT2D eigenvalue weighted by Gasteiger charge is 2.31. The van der Waals surface area contributed by atoms with Gasteiger partial charge in [0, 0.05) is 5.56 Å². The molecule has 0 spiro atoms. The molecule has 2 aromatic carbocycles. The molecular formula is C14H10ClF6NO. The largest absolute Gasteiger partial charge is 0.573 e. The van der Waals surface area contributed by atoms with E-state index in [1.165, 1.54) is 12.1 Å². The van der Waals surface area contributed by atoms with Crippen LogP contribution in [-0.2, 0) is 0 Å². The summed E-state index contributed by atoms with van der Waals surface area (Å²) in [5.74, 6) is -4.94. The van der Waals surface area contributed by atoms with E-state index in [9.17, 15) is 26.3 Å². The SMILES string of the molecule is Cl.N[C@H](c1ccc(OC(F)(F)F)cc1)c1ccc(F)c(F)c1F. The lowest BCUT2D eigenvalue weighted by molar-refractivity contribution is -0.274. The van der Waals surface area contributed by atoms with Crippen LogP contribution in [0.25, 0.3) is 0 Å². The summed E-state index contributed by atoms with van der Waals surface area (Å²) in [5.41, 5.74) is 5.61. The number of hydrogen-bond acceptors (Lipinski definition) is 2. The van der Waals surface area contributed by atoms with E-state index in [4.69, 9.17) is 5.73 Å². The number of halogens is 7. The summed E-state index contributed by atoms with van der Waals surface area (Å²) in [4.78, 5) is 0. The number of benzene rings is 2. The molecule has 0 radical (unpaired) electrons. The van der Waals surface area contributed by atoms with Gasteiger partial charge in [-0.15, -0.1) is 25.6 Å². The van der Waals surface area contributed by atoms with Crippen LogP contribution in [0.2, 0.25) is 0 Å². The number of ether oxygens (including phenoxy) is 1. The quantitative estimate of drug-likeness (QED) is 0.649. The molecule has 23 heavy (non-hydrogen) atoms. The van der Waals surface area contributed by atoms with E-state index >= 15 is 0 Å². The van der Waals surface area contributed by atoms with Crippen LogP contribution in [0.1, 0.15) is 17.2 Å². The van der Waals surface area contributed by atoms with E-state index in [1.54, 1.807) is 0 Å². The van der Waals surface area contributed by atoms with E-state index in [2.05, 4.69) is 4.74 Å². The fourth-order valence-electron chi connectivity index (χ4n) is 1.84. The minimum Gasteiger partial charge on any atom is -0.406 e. The molecule has 2 nitrogen and oxygen atoms in total. The van der Waals surface area contributed by atoms with Crippen molar-refractivity contribution < 1.29 is 31.1 Å². The maximum atomic E-state index is 13.6. The van der Waals surface area contributed by atoms with Crippen LogP contribution in [-0.4, -0.2) is 6.36 Å². The van der Waals surface area contributed by atoms with Gasteiger partial charge in [-0.05, 0) is 23.8 Å². The van der Waals surface area contributed by atoms with E-state index in [0.717, 1.165) is 24.3 Å². The highest BCUT2D eigenvalue weighted by molar-refractivity contribution is 5.85. The molecule has 0 bridgehead atoms. The molecule has 2 N–H and O–H groups in total. The molecular weight excluding hydrogens is 348 g/mol. The molecule has 0 fully saturated rings. The molecule has 0 saturated heterocycles. The monoisotopic (exact) mass is 357 g/mol. The Balaban J connectivity index is 0.00000264. The molecule has 0 aliphatic rings. The summed E-state index contributed by atoms with van der Waals surface area (Å²) in [5, 5.41) is 0. The van der Waals surface area contributed by atoms with Crippen molar-refractivity contribution in [3.05, 3.63) is 65.0 Å². The first-order valence-electron chi connectivity index (χ1n) is 5.93. The molecule has 0 unspecified atom stereocenters. The topological polar surface area (TPSA) is 35.2 Å². The Morgan fingerprint density at radius 2 is 1.43 bits per heavy atom. The Labute approximate surface area is 133 Å². The maximum Gasteiger partial charge on any atom is 0.573 e. The summed E-state index contributed by atoms with van der Waals surface area (Å²) < 4.78 is 79.4. The number of alkyl halides is 3. The predicted molar refractivity (Wildman–Crippen MR) is 72.7 cm³/mol. The van der Waals surface area contributed by atoms with Gasteiger partial charge in [-0.25, -0.2) is 13.2 Å². The van der Waals surface area contributed by atoms with Gasteiger partial charge in [0.2, 0.25) is 0 Å². The Morgan fingerprint density at radius 3 is 1.96 bits per heavy atom. The maximum absolute atomic E-state index is 13.6. The van der Waals surface area contributed by atoms with Gasteiger partial charge < -0.3 is 10.5 Å². The lowest BCUT2D eigenvalue weighted by Crippen LogP contribution is -2.17. The van der Waals surface area contributed by atoms with Crippen LogP contribution in [0.4, 0.5) is 26.3 Å². The van der Waals surface area contributed by atoms with Gasteiger partial charge in [-0.1, -0.05) is 18.2 Å². The van der Waals surface area contributed by atoms with Gasteiger partial charge >= 0.3 is 6.36 Å². The Bertz CT molecular complexity index is 674. The molecule has 0 saturated carbocycles. The molecule has 1 atom stereocenters. The van der Waals surface area contributed by atoms with Crippen LogP contribution >= 0.6 is 12.4 Å². The highest BCUT2D eigenvalue weighted by Crippen LogP contribution is 2.28. The van der Waals surface area contributed by atoms with Gasteiger partial charge in [0.15, 0.2) is 17.5 Å². The molecule has 0 amide bonds. The normalized spacial score (nSPS) is 12.5. The summed E-state index contributed by atoms with van der Waals surface area (Å²) in [6.07, 6.45) is -4.84. The summed E-state index contributed by atoms with van der Waals surface area (Å²) in [6, 6.07) is 4.84. The van der Waals surface area contributed by atoms with Gasteiger partial charge in [-0.3, -0.25) is 0 Å². The minimum atomic E-state index is -4.84. The van der Waals surface area contributed by atoms with Crippen molar-refractivity contribution in [3.63, 3.8) is 0 Å². The van der Waals surface area contributed by atoms with Crippen LogP contribution in [0.3, 0.4) is 0 Å². The zero-order valence-corrected chi connectivity index (χ0v) is 12.0. The molecule has 126 valence electrons. The smallest absolute Gasteiger partial charge is 0.406 e. The van der Waals surface area contributed by atoms with E-state index < -0.39 is 35.6 Å². The molecule has 9 heteroatoms. The highest BCUT2D eigenvalue weighted by atomic mass is 35.5. The van der Waals surface area contributed by atoms with Crippen LogP contribution in [0, 0.1) is 17.5 Å². The summed E-state index contributed by atoms with van der Waals surface area (Å²) >= 11 is 0. The fraction of sp³-hybridized carbons (Fsp3) is 0.143. The molecule has 0 heterocycles. The van der Waals surface area contributed by atoms with Gasteiger partial charge in [-0.2, -0.15) is 0 Å². The lowest BCUT2D eigenvalue weighted by atomic mass is 9.99. The zero-order chi connectivity index (χ0) is 16.5. The Hall–Kier alpha value is -1.93. The molecule has 2 aromatic rings. The third-order valence-electron chi connectivity index (χ3n) is 2.87. The number of hydrogen-bond donors (Lipinski definition) is 1. The second-order valence-electron chi connectivity index (χ2n) is 4.36. The molecule has 2 rings (SSSR count). The Kier molecular flexibility index (Phi) is 5.90. The average Bonchev–Trinajstić information content (AvgIpc) is 2.43. The summed E-state index contributed by atoms with van der Waals surface area (Å²) in [7, 11) is 0. The standard InChI is InChI=1S/C14H9F6NO.ClH/c15-10-6-5-9(11(16)12(10)17)13(21)7-1-3-8(4-2-7)22-14(18,19)20;/h1-6,13H,21H2;1H/t13-;/m1./s1. The van der Waals surface area contributed by atoms with Gasteiger partial charge in [0.1, 0.15) is 5.75 Å². The average molecular weight is 358 g/mol.